The summed E-state index contributed by atoms with van der Waals surface area (Å²) in [6, 6.07) is 3.18. The zero-order valence-corrected chi connectivity index (χ0v) is 5.33. The van der Waals surface area contributed by atoms with E-state index in [-0.39, 0.29) is 8.80 Å². The fourth-order valence-corrected chi connectivity index (χ4v) is 2.94. The van der Waals surface area contributed by atoms with Crippen molar-refractivity contribution in [2.45, 2.75) is 31.5 Å². The summed E-state index contributed by atoms with van der Waals surface area (Å²) in [6.07, 6.45) is 3.07. The molecule has 1 heterocycles. The molecule has 0 aromatic rings. The van der Waals surface area contributed by atoms with Crippen molar-refractivity contribution in [1.29, 1.82) is 0 Å². The first-order chi connectivity index (χ1) is 2.89. The van der Waals surface area contributed by atoms with Gasteiger partial charge in [0.2, 0.25) is 0 Å². The van der Waals surface area contributed by atoms with Crippen molar-refractivity contribution in [3.63, 3.8) is 0 Å². The van der Waals surface area contributed by atoms with Gasteiger partial charge in [-0.15, -0.1) is 0 Å². The smallest absolute Gasteiger partial charge is 0.0446 e. The molecule has 0 aromatic carbocycles. The summed E-state index contributed by atoms with van der Waals surface area (Å²) < 4.78 is 0. The predicted octanol–water partition coefficient (Wildman–Crippen LogP) is 1.90. The van der Waals surface area contributed by atoms with Gasteiger partial charge in [-0.3, -0.25) is 0 Å². The van der Waals surface area contributed by atoms with Gasteiger partial charge in [0.25, 0.3) is 0 Å². The van der Waals surface area contributed by atoms with E-state index in [1.165, 1.54) is 12.8 Å². The third-order valence-corrected chi connectivity index (χ3v) is 3.87. The number of rotatable bonds is 0. The van der Waals surface area contributed by atoms with E-state index in [4.69, 9.17) is 0 Å². The van der Waals surface area contributed by atoms with Gasteiger partial charge < -0.3 is 0 Å². The van der Waals surface area contributed by atoms with Crippen LogP contribution in [0.25, 0.3) is 0 Å². The fraction of sp³-hybridized carbons (Fsp3) is 1.00. The molecule has 0 bridgehead atoms. The molecule has 0 saturated carbocycles. The van der Waals surface area contributed by atoms with Crippen LogP contribution < -0.4 is 0 Å². The minimum atomic E-state index is 0.243. The van der Waals surface area contributed by atoms with E-state index in [0.717, 1.165) is 0 Å². The highest BCUT2D eigenvalue weighted by molar-refractivity contribution is 6.57. The van der Waals surface area contributed by atoms with Gasteiger partial charge in [-0.25, -0.2) is 0 Å². The SMILES string of the molecule is C[Si]1CCCC1. The van der Waals surface area contributed by atoms with Crippen LogP contribution in [0.15, 0.2) is 0 Å². The van der Waals surface area contributed by atoms with E-state index in [1.54, 1.807) is 12.1 Å². The number of hydrogen-bond donors (Lipinski definition) is 0. The summed E-state index contributed by atoms with van der Waals surface area (Å²) in [4.78, 5) is 0. The third kappa shape index (κ3) is 0.838. The van der Waals surface area contributed by atoms with Crippen molar-refractivity contribution in [1.82, 2.24) is 0 Å². The van der Waals surface area contributed by atoms with Crippen LogP contribution in [0.4, 0.5) is 0 Å². The molecule has 35 valence electrons. The quantitative estimate of drug-likeness (QED) is 0.407. The zero-order valence-electron chi connectivity index (χ0n) is 4.33. The molecule has 1 fully saturated rings. The molecule has 0 nitrogen and oxygen atoms in total. The Morgan fingerprint density at radius 1 is 1.17 bits per heavy atom. The number of hydrogen-bond acceptors (Lipinski definition) is 0. The summed E-state index contributed by atoms with van der Waals surface area (Å²) in [5, 5.41) is 0. The van der Waals surface area contributed by atoms with Gasteiger partial charge in [0.1, 0.15) is 0 Å². The van der Waals surface area contributed by atoms with E-state index in [1.807, 2.05) is 0 Å². The first-order valence-corrected chi connectivity index (χ1v) is 5.12. The Morgan fingerprint density at radius 3 is 1.83 bits per heavy atom. The average molecular weight is 99.2 g/mol. The van der Waals surface area contributed by atoms with Gasteiger partial charge in [-0.1, -0.05) is 31.5 Å². The van der Waals surface area contributed by atoms with Gasteiger partial charge >= 0.3 is 0 Å². The van der Waals surface area contributed by atoms with Crippen LogP contribution in [-0.2, 0) is 0 Å². The molecule has 0 aliphatic carbocycles. The molecular formula is C5H11Si. The zero-order chi connectivity index (χ0) is 4.41. The van der Waals surface area contributed by atoms with Crippen LogP contribution in [-0.4, -0.2) is 8.80 Å². The maximum absolute atomic E-state index is 2.44. The standard InChI is InChI=1S/C5H11Si/c1-6-4-2-3-5-6/h2-5H2,1H3. The molecule has 0 unspecified atom stereocenters. The molecule has 1 aliphatic heterocycles. The molecule has 0 spiro atoms. The molecule has 0 aromatic heterocycles. The van der Waals surface area contributed by atoms with E-state index in [2.05, 4.69) is 6.55 Å². The Bertz CT molecular complexity index is 37.2. The van der Waals surface area contributed by atoms with E-state index in [9.17, 15) is 0 Å². The second kappa shape index (κ2) is 1.78. The molecule has 1 aliphatic rings. The Hall–Kier alpha value is 0.217. The van der Waals surface area contributed by atoms with Crippen LogP contribution in [0.3, 0.4) is 0 Å². The predicted molar refractivity (Wildman–Crippen MR) is 30.5 cm³/mol. The average Bonchev–Trinajstić information content (AvgIpc) is 1.86. The van der Waals surface area contributed by atoms with Crippen molar-refractivity contribution in [3.05, 3.63) is 0 Å². The molecule has 0 atom stereocenters. The van der Waals surface area contributed by atoms with Crippen LogP contribution in [0, 0.1) is 0 Å². The van der Waals surface area contributed by atoms with E-state index in [0.29, 0.717) is 0 Å². The van der Waals surface area contributed by atoms with Crippen molar-refractivity contribution in [2.24, 2.45) is 0 Å². The van der Waals surface area contributed by atoms with Gasteiger partial charge in [0, 0.05) is 8.80 Å². The van der Waals surface area contributed by atoms with Crippen molar-refractivity contribution < 1.29 is 0 Å². The Morgan fingerprint density at radius 2 is 1.67 bits per heavy atom. The monoisotopic (exact) mass is 99.1 g/mol. The summed E-state index contributed by atoms with van der Waals surface area (Å²) in [5.74, 6) is 0. The first-order valence-electron chi connectivity index (χ1n) is 2.71. The highest BCUT2D eigenvalue weighted by Crippen LogP contribution is 2.17. The van der Waals surface area contributed by atoms with Crippen LogP contribution in [0.1, 0.15) is 12.8 Å². The lowest BCUT2D eigenvalue weighted by atomic mass is 10.4. The van der Waals surface area contributed by atoms with Gasteiger partial charge in [0.15, 0.2) is 0 Å². The molecule has 0 N–H and O–H groups in total. The third-order valence-electron chi connectivity index (χ3n) is 1.46. The molecular weight excluding hydrogens is 88.1 g/mol. The first kappa shape index (κ1) is 4.38. The molecule has 1 radical (unpaired) electrons. The van der Waals surface area contributed by atoms with Gasteiger partial charge in [0.05, 0.1) is 0 Å². The van der Waals surface area contributed by atoms with Crippen molar-refractivity contribution in [3.8, 4) is 0 Å². The molecule has 1 rings (SSSR count). The Balaban J connectivity index is 2.18. The van der Waals surface area contributed by atoms with Crippen molar-refractivity contribution >= 4 is 8.80 Å². The Labute approximate surface area is 41.2 Å². The summed E-state index contributed by atoms with van der Waals surface area (Å²) in [6.45, 7) is 2.44. The topological polar surface area (TPSA) is 0 Å². The molecule has 1 saturated heterocycles. The molecule has 1 heteroatoms. The highest BCUT2D eigenvalue weighted by Gasteiger charge is 2.09. The maximum Gasteiger partial charge on any atom is 0.0446 e. The van der Waals surface area contributed by atoms with Crippen LogP contribution in [0.5, 0.6) is 0 Å². The summed E-state index contributed by atoms with van der Waals surface area (Å²) in [7, 11) is 0.243. The van der Waals surface area contributed by atoms with Crippen LogP contribution >= 0.6 is 0 Å². The minimum Gasteiger partial charge on any atom is -0.0711 e. The lowest BCUT2D eigenvalue weighted by Crippen LogP contribution is -1.94. The summed E-state index contributed by atoms with van der Waals surface area (Å²) in [5.41, 5.74) is 0. The minimum absolute atomic E-state index is 0.243. The highest BCUT2D eigenvalue weighted by atomic mass is 28.3. The lowest BCUT2D eigenvalue weighted by Gasteiger charge is -1.88. The van der Waals surface area contributed by atoms with Crippen LogP contribution in [0.2, 0.25) is 18.6 Å². The lowest BCUT2D eigenvalue weighted by molar-refractivity contribution is 0.935. The fourth-order valence-electron chi connectivity index (χ4n) is 0.979. The molecule has 6 heavy (non-hydrogen) atoms. The van der Waals surface area contributed by atoms with Gasteiger partial charge in [-0.05, 0) is 0 Å². The van der Waals surface area contributed by atoms with Gasteiger partial charge in [-0.2, -0.15) is 0 Å². The van der Waals surface area contributed by atoms with E-state index < -0.39 is 0 Å². The maximum atomic E-state index is 2.44. The van der Waals surface area contributed by atoms with E-state index >= 15 is 0 Å². The summed E-state index contributed by atoms with van der Waals surface area (Å²) >= 11 is 0. The Kier molecular flexibility index (Phi) is 1.30. The normalized spacial score (nSPS) is 25.5. The largest absolute Gasteiger partial charge is 0.0711 e. The second-order valence-electron chi connectivity index (χ2n) is 2.16. The van der Waals surface area contributed by atoms with Crippen molar-refractivity contribution in [2.75, 3.05) is 0 Å². The molecule has 0 amide bonds. The second-order valence-corrected chi connectivity index (χ2v) is 5.08.